The van der Waals surface area contributed by atoms with Crippen LogP contribution in [0.4, 0.5) is 16.2 Å². The van der Waals surface area contributed by atoms with E-state index in [1.807, 2.05) is 17.0 Å². The van der Waals surface area contributed by atoms with Crippen LogP contribution in [0.15, 0.2) is 42.5 Å². The molecule has 2 aromatic rings. The molecule has 1 aliphatic heterocycles. The SMILES string of the molecule is Nc1cccc([C@]23CC[C@@H](N(CCN4CC[C@@H](O)C4)C(=O)Nc4ccc(Cl)c(Cl)c4)CC2C3)c1. The highest BCUT2D eigenvalue weighted by molar-refractivity contribution is 6.42. The number of nitrogens with one attached hydrogen (secondary N) is 1. The van der Waals surface area contributed by atoms with E-state index in [1.54, 1.807) is 18.2 Å². The van der Waals surface area contributed by atoms with E-state index in [-0.39, 0.29) is 23.6 Å². The van der Waals surface area contributed by atoms with Crippen LogP contribution >= 0.6 is 23.2 Å². The number of fused-ring (bicyclic) bond motifs is 1. The van der Waals surface area contributed by atoms with Gasteiger partial charge in [-0.15, -0.1) is 0 Å². The van der Waals surface area contributed by atoms with Crippen molar-refractivity contribution in [3.8, 4) is 0 Å². The summed E-state index contributed by atoms with van der Waals surface area (Å²) in [5, 5.41) is 13.8. The lowest BCUT2D eigenvalue weighted by molar-refractivity contribution is 0.142. The van der Waals surface area contributed by atoms with Gasteiger partial charge in [-0.1, -0.05) is 35.3 Å². The first-order chi connectivity index (χ1) is 16.3. The van der Waals surface area contributed by atoms with Crippen molar-refractivity contribution >= 4 is 40.6 Å². The summed E-state index contributed by atoms with van der Waals surface area (Å²) in [6.07, 6.45) is 4.70. The van der Waals surface area contributed by atoms with Gasteiger partial charge in [0.1, 0.15) is 0 Å². The molecule has 1 unspecified atom stereocenters. The monoisotopic (exact) mass is 502 g/mol. The molecule has 0 spiro atoms. The van der Waals surface area contributed by atoms with Crippen LogP contribution in [0.2, 0.25) is 10.0 Å². The molecule has 0 aromatic heterocycles. The summed E-state index contributed by atoms with van der Waals surface area (Å²) in [5.41, 5.74) is 9.07. The molecule has 3 fully saturated rings. The van der Waals surface area contributed by atoms with Gasteiger partial charge in [-0.25, -0.2) is 4.79 Å². The summed E-state index contributed by atoms with van der Waals surface area (Å²) in [6.45, 7) is 2.93. The summed E-state index contributed by atoms with van der Waals surface area (Å²) in [6, 6.07) is 13.5. The van der Waals surface area contributed by atoms with Crippen molar-refractivity contribution < 1.29 is 9.90 Å². The largest absolute Gasteiger partial charge is 0.399 e. The molecule has 4 atom stereocenters. The number of hydrogen-bond acceptors (Lipinski definition) is 4. The zero-order valence-corrected chi connectivity index (χ0v) is 20.7. The smallest absolute Gasteiger partial charge is 0.322 e. The number of hydrogen-bond donors (Lipinski definition) is 3. The molecule has 4 N–H and O–H groups in total. The van der Waals surface area contributed by atoms with Crippen LogP contribution in [0.1, 0.15) is 37.7 Å². The fraction of sp³-hybridized carbons (Fsp3) is 0.500. The van der Waals surface area contributed by atoms with Crippen molar-refractivity contribution in [2.24, 2.45) is 5.92 Å². The zero-order chi connectivity index (χ0) is 23.9. The number of amides is 2. The molecule has 3 aliphatic rings. The number of aliphatic hydroxyl groups excluding tert-OH is 1. The number of nitrogen functional groups attached to an aromatic ring is 1. The topological polar surface area (TPSA) is 81.8 Å². The Hall–Kier alpha value is -1.99. The van der Waals surface area contributed by atoms with Gasteiger partial charge >= 0.3 is 6.03 Å². The van der Waals surface area contributed by atoms with Crippen molar-refractivity contribution in [2.75, 3.05) is 37.2 Å². The second-order valence-corrected chi connectivity index (χ2v) is 10.9. The fourth-order valence-corrected chi connectivity index (χ4v) is 6.28. The van der Waals surface area contributed by atoms with Crippen LogP contribution in [0.3, 0.4) is 0 Å². The molecule has 0 bridgehead atoms. The zero-order valence-electron chi connectivity index (χ0n) is 19.2. The summed E-state index contributed by atoms with van der Waals surface area (Å²) < 4.78 is 0. The summed E-state index contributed by atoms with van der Waals surface area (Å²) in [7, 11) is 0. The van der Waals surface area contributed by atoms with Crippen molar-refractivity contribution in [2.45, 2.75) is 49.7 Å². The van der Waals surface area contributed by atoms with Gasteiger partial charge < -0.3 is 21.1 Å². The number of halogens is 2. The van der Waals surface area contributed by atoms with Crippen molar-refractivity contribution in [1.29, 1.82) is 0 Å². The maximum atomic E-state index is 13.4. The van der Waals surface area contributed by atoms with E-state index in [9.17, 15) is 9.90 Å². The van der Waals surface area contributed by atoms with Crippen LogP contribution in [-0.4, -0.2) is 59.3 Å². The number of aliphatic hydroxyl groups is 1. The number of nitrogens with zero attached hydrogens (tertiary/aromatic N) is 2. The highest BCUT2D eigenvalue weighted by atomic mass is 35.5. The van der Waals surface area contributed by atoms with E-state index in [0.29, 0.717) is 34.7 Å². The number of nitrogens with two attached hydrogens (primary N) is 1. The lowest BCUT2D eigenvalue weighted by Crippen LogP contribution is -2.48. The Bertz CT molecular complexity index is 1070. The highest BCUT2D eigenvalue weighted by Gasteiger charge is 2.58. The minimum Gasteiger partial charge on any atom is -0.399 e. The maximum Gasteiger partial charge on any atom is 0.322 e. The Morgan fingerprint density at radius 2 is 2.06 bits per heavy atom. The first-order valence-electron chi connectivity index (χ1n) is 12.1. The number of anilines is 2. The van der Waals surface area contributed by atoms with Gasteiger partial charge in [0.2, 0.25) is 0 Å². The quantitative estimate of drug-likeness (QED) is 0.486. The third-order valence-corrected chi connectivity index (χ3v) is 8.69. The molecule has 2 amide bonds. The molecular weight excluding hydrogens is 471 g/mol. The van der Waals surface area contributed by atoms with E-state index < -0.39 is 0 Å². The summed E-state index contributed by atoms with van der Waals surface area (Å²) in [5.74, 6) is 0.571. The Morgan fingerprint density at radius 1 is 1.21 bits per heavy atom. The third-order valence-electron chi connectivity index (χ3n) is 7.95. The van der Waals surface area contributed by atoms with Gasteiger partial charge in [0.05, 0.1) is 16.1 Å². The van der Waals surface area contributed by atoms with Crippen molar-refractivity contribution in [1.82, 2.24) is 9.80 Å². The minimum absolute atomic E-state index is 0.111. The maximum absolute atomic E-state index is 13.4. The Labute approximate surface area is 211 Å². The van der Waals surface area contributed by atoms with Gasteiger partial charge in [0.15, 0.2) is 0 Å². The van der Waals surface area contributed by atoms with Gasteiger partial charge in [0, 0.05) is 43.6 Å². The van der Waals surface area contributed by atoms with E-state index in [2.05, 4.69) is 22.3 Å². The van der Waals surface area contributed by atoms with E-state index in [0.717, 1.165) is 50.9 Å². The number of urea groups is 1. The molecule has 2 aliphatic carbocycles. The van der Waals surface area contributed by atoms with Crippen LogP contribution in [0.5, 0.6) is 0 Å². The molecule has 8 heteroatoms. The Kier molecular flexibility index (Phi) is 6.68. The average Bonchev–Trinajstić information content (AvgIpc) is 3.41. The molecule has 34 heavy (non-hydrogen) atoms. The molecule has 0 radical (unpaired) electrons. The van der Waals surface area contributed by atoms with E-state index >= 15 is 0 Å². The fourth-order valence-electron chi connectivity index (χ4n) is 5.98. The third kappa shape index (κ3) is 4.87. The number of rotatable bonds is 6. The Morgan fingerprint density at radius 3 is 2.76 bits per heavy atom. The number of carbonyl (C=O) groups excluding carboxylic acids is 1. The minimum atomic E-state index is -0.265. The first-order valence-corrected chi connectivity index (χ1v) is 12.9. The number of carbonyl (C=O) groups is 1. The van der Waals surface area contributed by atoms with Crippen LogP contribution in [0.25, 0.3) is 0 Å². The van der Waals surface area contributed by atoms with Gasteiger partial charge in [-0.05, 0) is 79.3 Å². The Balaban J connectivity index is 1.29. The van der Waals surface area contributed by atoms with Gasteiger partial charge in [-0.2, -0.15) is 0 Å². The average molecular weight is 503 g/mol. The second kappa shape index (κ2) is 9.57. The summed E-state index contributed by atoms with van der Waals surface area (Å²) in [4.78, 5) is 17.7. The van der Waals surface area contributed by atoms with Gasteiger partial charge in [-0.3, -0.25) is 4.90 Å². The molecule has 182 valence electrons. The molecular formula is C26H32Cl2N4O2. The van der Waals surface area contributed by atoms with E-state index in [1.165, 1.54) is 5.56 Å². The normalized spacial score (nSPS) is 28.4. The van der Waals surface area contributed by atoms with Gasteiger partial charge in [0.25, 0.3) is 0 Å². The predicted octanol–water partition coefficient (Wildman–Crippen LogP) is 4.99. The highest BCUT2D eigenvalue weighted by Crippen LogP contribution is 2.63. The van der Waals surface area contributed by atoms with Crippen LogP contribution < -0.4 is 11.1 Å². The number of likely N-dealkylation sites (tertiary alicyclic amines) is 1. The molecule has 5 rings (SSSR count). The summed E-state index contributed by atoms with van der Waals surface area (Å²) >= 11 is 12.2. The van der Waals surface area contributed by atoms with Crippen molar-refractivity contribution in [3.63, 3.8) is 0 Å². The van der Waals surface area contributed by atoms with E-state index in [4.69, 9.17) is 28.9 Å². The standard InChI is InChI=1S/C26H32Cl2N4O2/c27-23-5-4-20(14-24(23)28)30-25(34)32(11-10-31-9-7-22(33)16-31)21-6-8-26(15-18(26)13-21)17-2-1-3-19(29)12-17/h1-5,12,14,18,21-22,33H,6-11,13,15-16,29H2,(H,30,34)/t18?,21-,22-,26-/m1/s1. The molecule has 6 nitrogen and oxygen atoms in total. The lowest BCUT2D eigenvalue weighted by atomic mass is 9.80. The van der Waals surface area contributed by atoms with Crippen LogP contribution in [-0.2, 0) is 5.41 Å². The molecule has 2 saturated carbocycles. The molecule has 1 saturated heterocycles. The molecule has 2 aromatic carbocycles. The van der Waals surface area contributed by atoms with Crippen LogP contribution in [0, 0.1) is 5.92 Å². The predicted molar refractivity (Wildman–Crippen MR) is 138 cm³/mol. The first kappa shape index (κ1) is 23.7. The number of β-amino-alcohol motifs (C(OH)–C–C–N with tert-alkyl or cyclic N) is 1. The second-order valence-electron chi connectivity index (χ2n) is 10.1. The number of benzene rings is 2. The van der Waals surface area contributed by atoms with Crippen molar-refractivity contribution in [3.05, 3.63) is 58.1 Å². The lowest BCUT2D eigenvalue weighted by Gasteiger charge is -2.37. The molecule has 1 heterocycles.